The number of hydrogen-bond donors (Lipinski definition) is 0. The van der Waals surface area contributed by atoms with Crippen molar-refractivity contribution in [2.75, 3.05) is 0 Å². The second kappa shape index (κ2) is 5.19. The molecule has 1 aromatic carbocycles. The summed E-state index contributed by atoms with van der Waals surface area (Å²) in [6.45, 7) is 0. The highest BCUT2D eigenvalue weighted by molar-refractivity contribution is 6.32. The Bertz CT molecular complexity index is 474. The number of rotatable bonds is 3. The average molecular weight is 254 g/mol. The Balaban J connectivity index is 2.20. The molecule has 0 saturated heterocycles. The summed E-state index contributed by atoms with van der Waals surface area (Å²) in [5.41, 5.74) is 0.891. The molecule has 2 rings (SSSR count). The third kappa shape index (κ3) is 2.65. The van der Waals surface area contributed by atoms with Crippen molar-refractivity contribution < 1.29 is 4.74 Å². The summed E-state index contributed by atoms with van der Waals surface area (Å²) >= 11 is 11.7. The lowest BCUT2D eigenvalue weighted by Crippen LogP contribution is -1.86. The molecule has 1 aromatic heterocycles. The zero-order valence-electron chi connectivity index (χ0n) is 8.36. The number of ether oxygens (including phenoxy) is 1. The first-order valence-electron chi connectivity index (χ1n) is 4.72. The maximum Gasteiger partial charge on any atom is 0.145 e. The molecule has 1 heterocycles. The van der Waals surface area contributed by atoms with Crippen LogP contribution >= 0.6 is 23.2 Å². The highest BCUT2D eigenvalue weighted by Gasteiger charge is 2.02. The minimum absolute atomic E-state index is 0.395. The Morgan fingerprint density at radius 2 is 2.06 bits per heavy atom. The van der Waals surface area contributed by atoms with Gasteiger partial charge in [-0.05, 0) is 29.8 Å². The van der Waals surface area contributed by atoms with Gasteiger partial charge in [0.05, 0.1) is 6.20 Å². The van der Waals surface area contributed by atoms with Crippen molar-refractivity contribution in [2.24, 2.45) is 0 Å². The zero-order valence-corrected chi connectivity index (χ0v) is 9.87. The smallest absolute Gasteiger partial charge is 0.145 e. The Morgan fingerprint density at radius 1 is 1.19 bits per heavy atom. The molecule has 2 aromatic rings. The third-order valence-electron chi connectivity index (χ3n) is 2.04. The van der Waals surface area contributed by atoms with Gasteiger partial charge in [0.2, 0.25) is 0 Å². The van der Waals surface area contributed by atoms with E-state index in [1.807, 2.05) is 24.3 Å². The first kappa shape index (κ1) is 11.2. The Labute approximate surface area is 104 Å². The van der Waals surface area contributed by atoms with Gasteiger partial charge < -0.3 is 4.74 Å². The van der Waals surface area contributed by atoms with Gasteiger partial charge >= 0.3 is 0 Å². The summed E-state index contributed by atoms with van der Waals surface area (Å²) in [5, 5.41) is 0.608. The first-order chi connectivity index (χ1) is 7.79. The molecular weight excluding hydrogens is 245 g/mol. The lowest BCUT2D eigenvalue weighted by atomic mass is 10.2. The Kier molecular flexibility index (Phi) is 3.65. The second-order valence-electron chi connectivity index (χ2n) is 3.18. The lowest BCUT2D eigenvalue weighted by molar-refractivity contribution is 0.480. The lowest BCUT2D eigenvalue weighted by Gasteiger charge is -2.06. The molecule has 4 heteroatoms. The molecule has 0 atom stereocenters. The van der Waals surface area contributed by atoms with E-state index in [9.17, 15) is 0 Å². The fraction of sp³-hybridized carbons (Fsp3) is 0.0833. The molecule has 0 aliphatic carbocycles. The van der Waals surface area contributed by atoms with Crippen LogP contribution in [0.4, 0.5) is 0 Å². The Hall–Kier alpha value is -1.25. The van der Waals surface area contributed by atoms with Gasteiger partial charge in [-0.3, -0.25) is 4.98 Å². The van der Waals surface area contributed by atoms with E-state index in [0.717, 1.165) is 5.56 Å². The maximum atomic E-state index is 6.02. The number of benzene rings is 1. The normalized spacial score (nSPS) is 10.1. The van der Waals surface area contributed by atoms with Crippen LogP contribution in [0.5, 0.6) is 11.5 Å². The minimum Gasteiger partial charge on any atom is -0.456 e. The van der Waals surface area contributed by atoms with Crippen LogP contribution in [0.25, 0.3) is 0 Å². The van der Waals surface area contributed by atoms with Gasteiger partial charge in [0.15, 0.2) is 0 Å². The van der Waals surface area contributed by atoms with Gasteiger partial charge in [0.25, 0.3) is 0 Å². The van der Waals surface area contributed by atoms with E-state index in [0.29, 0.717) is 22.4 Å². The maximum absolute atomic E-state index is 6.02. The molecular formula is C12H9Cl2NO. The summed E-state index contributed by atoms with van der Waals surface area (Å²) in [5.74, 6) is 1.75. The summed E-state index contributed by atoms with van der Waals surface area (Å²) in [4.78, 5) is 3.96. The number of nitrogens with zero attached hydrogens (tertiary/aromatic N) is 1. The van der Waals surface area contributed by atoms with E-state index >= 15 is 0 Å². The van der Waals surface area contributed by atoms with Gasteiger partial charge in [-0.15, -0.1) is 11.6 Å². The topological polar surface area (TPSA) is 22.1 Å². The number of hydrogen-bond acceptors (Lipinski definition) is 2. The zero-order chi connectivity index (χ0) is 11.4. The average Bonchev–Trinajstić information content (AvgIpc) is 2.31. The number of pyridine rings is 1. The van der Waals surface area contributed by atoms with Crippen LogP contribution < -0.4 is 4.74 Å². The predicted molar refractivity (Wildman–Crippen MR) is 65.3 cm³/mol. The van der Waals surface area contributed by atoms with E-state index in [1.165, 1.54) is 0 Å². The van der Waals surface area contributed by atoms with Crippen LogP contribution in [0.2, 0.25) is 5.02 Å². The predicted octanol–water partition coefficient (Wildman–Crippen LogP) is 4.27. The molecule has 0 amide bonds. The van der Waals surface area contributed by atoms with Crippen LogP contribution in [0.1, 0.15) is 5.56 Å². The van der Waals surface area contributed by atoms with Crippen LogP contribution in [0.3, 0.4) is 0 Å². The number of alkyl halides is 1. The van der Waals surface area contributed by atoms with Gasteiger partial charge in [-0.2, -0.15) is 0 Å². The highest BCUT2D eigenvalue weighted by atomic mass is 35.5. The van der Waals surface area contributed by atoms with E-state index in [-0.39, 0.29) is 0 Å². The van der Waals surface area contributed by atoms with E-state index in [2.05, 4.69) is 4.98 Å². The van der Waals surface area contributed by atoms with Crippen molar-refractivity contribution in [3.05, 3.63) is 53.3 Å². The molecule has 0 aliphatic heterocycles. The fourth-order valence-corrected chi connectivity index (χ4v) is 1.78. The monoisotopic (exact) mass is 253 g/mol. The quantitative estimate of drug-likeness (QED) is 0.763. The highest BCUT2D eigenvalue weighted by Crippen LogP contribution is 2.27. The van der Waals surface area contributed by atoms with Crippen LogP contribution in [-0.4, -0.2) is 4.98 Å². The third-order valence-corrected chi connectivity index (χ3v) is 2.68. The molecule has 0 N–H and O–H groups in total. The fourth-order valence-electron chi connectivity index (χ4n) is 1.24. The minimum atomic E-state index is 0.395. The first-order valence-corrected chi connectivity index (χ1v) is 5.63. The molecule has 82 valence electrons. The van der Waals surface area contributed by atoms with E-state index in [4.69, 9.17) is 27.9 Å². The number of halogens is 2. The molecule has 0 bridgehead atoms. The second-order valence-corrected chi connectivity index (χ2v) is 3.85. The van der Waals surface area contributed by atoms with E-state index in [1.54, 1.807) is 18.5 Å². The molecule has 0 spiro atoms. The van der Waals surface area contributed by atoms with Gasteiger partial charge in [-0.25, -0.2) is 0 Å². The van der Waals surface area contributed by atoms with Crippen molar-refractivity contribution in [3.8, 4) is 11.5 Å². The van der Waals surface area contributed by atoms with Gasteiger partial charge in [-0.1, -0.05) is 17.7 Å². The van der Waals surface area contributed by atoms with Crippen LogP contribution in [0, 0.1) is 0 Å². The van der Waals surface area contributed by atoms with Crippen molar-refractivity contribution in [1.82, 2.24) is 4.98 Å². The molecule has 0 aliphatic rings. The standard InChI is InChI=1S/C12H9Cl2NO/c13-7-9-3-4-10(6-12(9)14)16-11-2-1-5-15-8-11/h1-6,8H,7H2. The Morgan fingerprint density at radius 3 is 2.69 bits per heavy atom. The molecule has 0 saturated carbocycles. The molecule has 0 radical (unpaired) electrons. The van der Waals surface area contributed by atoms with E-state index < -0.39 is 0 Å². The summed E-state index contributed by atoms with van der Waals surface area (Å²) in [6, 6.07) is 9.06. The summed E-state index contributed by atoms with van der Waals surface area (Å²) < 4.78 is 5.57. The van der Waals surface area contributed by atoms with Crippen molar-refractivity contribution >= 4 is 23.2 Å². The molecule has 2 nitrogen and oxygen atoms in total. The van der Waals surface area contributed by atoms with Gasteiger partial charge in [0, 0.05) is 17.1 Å². The van der Waals surface area contributed by atoms with Crippen LogP contribution in [-0.2, 0) is 5.88 Å². The molecule has 0 fully saturated rings. The van der Waals surface area contributed by atoms with Crippen molar-refractivity contribution in [3.63, 3.8) is 0 Å². The molecule has 0 unspecified atom stereocenters. The number of aromatic nitrogens is 1. The van der Waals surface area contributed by atoms with Crippen molar-refractivity contribution in [1.29, 1.82) is 0 Å². The molecule has 16 heavy (non-hydrogen) atoms. The van der Waals surface area contributed by atoms with Gasteiger partial charge in [0.1, 0.15) is 11.5 Å². The summed E-state index contributed by atoms with van der Waals surface area (Å²) in [6.07, 6.45) is 3.33. The van der Waals surface area contributed by atoms with Crippen LogP contribution in [0.15, 0.2) is 42.7 Å². The SMILES string of the molecule is ClCc1ccc(Oc2cccnc2)cc1Cl. The van der Waals surface area contributed by atoms with Crippen molar-refractivity contribution in [2.45, 2.75) is 5.88 Å². The largest absolute Gasteiger partial charge is 0.456 e. The summed E-state index contributed by atoms with van der Waals surface area (Å²) in [7, 11) is 0.